The van der Waals surface area contributed by atoms with E-state index in [0.29, 0.717) is 22.9 Å². The van der Waals surface area contributed by atoms with Gasteiger partial charge >= 0.3 is 5.97 Å². The first kappa shape index (κ1) is 16.0. The van der Waals surface area contributed by atoms with Gasteiger partial charge in [-0.05, 0) is 35.2 Å². The number of nitrogens with zero attached hydrogens (tertiary/aromatic N) is 1. The van der Waals surface area contributed by atoms with Crippen molar-refractivity contribution >= 4 is 23.5 Å². The quantitative estimate of drug-likeness (QED) is 0.268. The molecule has 0 radical (unpaired) electrons. The molecule has 0 unspecified atom stereocenters. The summed E-state index contributed by atoms with van der Waals surface area (Å²) in [5.74, 6) is 0.372. The van der Waals surface area contributed by atoms with Gasteiger partial charge in [0.1, 0.15) is 4.88 Å². The number of esters is 1. The molecule has 0 aliphatic rings. The van der Waals surface area contributed by atoms with Crippen LogP contribution in [0.25, 0.3) is 0 Å². The van der Waals surface area contributed by atoms with Gasteiger partial charge in [0.05, 0.1) is 26.5 Å². The molecule has 0 atom stereocenters. The lowest BCUT2D eigenvalue weighted by atomic mass is 10.2. The first-order valence-corrected chi connectivity index (χ1v) is 7.43. The number of hydrazone groups is 1. The Balaban J connectivity index is 2.09. The first-order chi connectivity index (χ1) is 10.7. The molecule has 0 aliphatic heterocycles. The summed E-state index contributed by atoms with van der Waals surface area (Å²) in [6.45, 7) is 0.391. The molecule has 1 aromatic heterocycles. The van der Waals surface area contributed by atoms with Gasteiger partial charge in [-0.3, -0.25) is 0 Å². The van der Waals surface area contributed by atoms with E-state index in [0.717, 1.165) is 5.56 Å². The van der Waals surface area contributed by atoms with Gasteiger partial charge in [0, 0.05) is 0 Å². The lowest BCUT2D eigenvalue weighted by Gasteiger charge is -2.09. The third kappa shape index (κ3) is 4.31. The fraction of sp³-hybridized carbons (Fsp3) is 0.200. The second-order valence-corrected chi connectivity index (χ2v) is 5.11. The van der Waals surface area contributed by atoms with Crippen LogP contribution in [0.4, 0.5) is 0 Å². The number of nitrogens with one attached hydrogen (secondary N) is 1. The van der Waals surface area contributed by atoms with Crippen molar-refractivity contribution in [2.45, 2.75) is 0 Å². The lowest BCUT2D eigenvalue weighted by Crippen LogP contribution is -2.11. The first-order valence-electron chi connectivity index (χ1n) is 6.55. The largest absolute Gasteiger partial charge is 0.493 e. The number of aliphatic hydroxyl groups is 1. The van der Waals surface area contributed by atoms with Gasteiger partial charge in [0.2, 0.25) is 0 Å². The van der Waals surface area contributed by atoms with E-state index in [1.54, 1.807) is 36.5 Å². The lowest BCUT2D eigenvalue weighted by molar-refractivity contribution is 0.0735. The minimum atomic E-state index is -0.417. The Morgan fingerprint density at radius 3 is 2.95 bits per heavy atom. The van der Waals surface area contributed by atoms with Gasteiger partial charge in [-0.15, -0.1) is 11.3 Å². The smallest absolute Gasteiger partial charge is 0.353 e. The number of thiophene rings is 1. The van der Waals surface area contributed by atoms with Gasteiger partial charge in [0.15, 0.2) is 11.5 Å². The Kier molecular flexibility index (Phi) is 5.93. The third-order valence-electron chi connectivity index (χ3n) is 2.64. The molecule has 0 saturated heterocycles. The fourth-order valence-corrected chi connectivity index (χ4v) is 2.23. The SMILES string of the molecule is COc1cc(C=NNCCO)ccc1OC(=O)c1cccs1. The maximum absolute atomic E-state index is 11.9. The van der Waals surface area contributed by atoms with E-state index in [4.69, 9.17) is 14.6 Å². The molecular weight excluding hydrogens is 304 g/mol. The second-order valence-electron chi connectivity index (χ2n) is 4.17. The number of methoxy groups -OCH3 is 1. The molecule has 2 aromatic rings. The van der Waals surface area contributed by atoms with Crippen molar-refractivity contribution in [2.75, 3.05) is 20.3 Å². The van der Waals surface area contributed by atoms with E-state index in [9.17, 15) is 4.79 Å². The average molecular weight is 320 g/mol. The van der Waals surface area contributed by atoms with E-state index >= 15 is 0 Å². The molecule has 116 valence electrons. The highest BCUT2D eigenvalue weighted by Gasteiger charge is 2.13. The number of hydrogen-bond acceptors (Lipinski definition) is 7. The molecule has 0 saturated carbocycles. The number of ether oxygens (including phenoxy) is 2. The number of hydrogen-bond donors (Lipinski definition) is 2. The maximum Gasteiger partial charge on any atom is 0.353 e. The number of rotatable bonds is 7. The Hall–Kier alpha value is -2.38. The molecule has 0 aliphatic carbocycles. The van der Waals surface area contributed by atoms with Crippen LogP contribution in [0.1, 0.15) is 15.2 Å². The van der Waals surface area contributed by atoms with Crippen LogP contribution in [0.2, 0.25) is 0 Å². The van der Waals surface area contributed by atoms with Crippen LogP contribution < -0.4 is 14.9 Å². The number of aliphatic hydroxyl groups excluding tert-OH is 1. The van der Waals surface area contributed by atoms with E-state index in [-0.39, 0.29) is 6.61 Å². The predicted octanol–water partition coefficient (Wildman–Crippen LogP) is 1.89. The van der Waals surface area contributed by atoms with Crippen LogP contribution in [0.15, 0.2) is 40.8 Å². The fourth-order valence-electron chi connectivity index (χ4n) is 1.63. The second kappa shape index (κ2) is 8.16. The Labute approximate surface area is 132 Å². The zero-order valence-electron chi connectivity index (χ0n) is 12.0. The van der Waals surface area contributed by atoms with E-state index in [1.807, 2.05) is 5.38 Å². The molecule has 2 rings (SSSR count). The van der Waals surface area contributed by atoms with Crippen LogP contribution >= 0.6 is 11.3 Å². The summed E-state index contributed by atoms with van der Waals surface area (Å²) >= 11 is 1.32. The summed E-state index contributed by atoms with van der Waals surface area (Å²) in [6.07, 6.45) is 1.59. The van der Waals surface area contributed by atoms with Gasteiger partial charge in [-0.2, -0.15) is 5.10 Å². The van der Waals surface area contributed by atoms with E-state index in [2.05, 4.69) is 10.5 Å². The zero-order valence-corrected chi connectivity index (χ0v) is 12.8. The monoisotopic (exact) mass is 320 g/mol. The minimum absolute atomic E-state index is 0.0122. The van der Waals surface area contributed by atoms with Crippen molar-refractivity contribution in [1.29, 1.82) is 0 Å². The average Bonchev–Trinajstić information content (AvgIpc) is 3.07. The van der Waals surface area contributed by atoms with Crippen molar-refractivity contribution in [1.82, 2.24) is 5.43 Å². The van der Waals surface area contributed by atoms with Crippen LogP contribution in [0.3, 0.4) is 0 Å². The topological polar surface area (TPSA) is 80.2 Å². The van der Waals surface area contributed by atoms with Gasteiger partial charge < -0.3 is 20.0 Å². The van der Waals surface area contributed by atoms with Crippen LogP contribution in [-0.2, 0) is 0 Å². The molecule has 22 heavy (non-hydrogen) atoms. The standard InChI is InChI=1S/C15H16N2O4S/c1-20-13-9-11(10-17-16-6-7-18)4-5-12(13)21-15(19)14-3-2-8-22-14/h2-5,8-10,16,18H,6-7H2,1H3. The summed E-state index contributed by atoms with van der Waals surface area (Å²) in [5, 5.41) is 14.4. The van der Waals surface area contributed by atoms with E-state index in [1.165, 1.54) is 18.4 Å². The van der Waals surface area contributed by atoms with E-state index < -0.39 is 5.97 Å². The summed E-state index contributed by atoms with van der Waals surface area (Å²) in [4.78, 5) is 12.5. The van der Waals surface area contributed by atoms with Crippen LogP contribution in [0.5, 0.6) is 11.5 Å². The zero-order chi connectivity index (χ0) is 15.8. The van der Waals surface area contributed by atoms with Crippen LogP contribution in [0, 0.1) is 0 Å². The van der Waals surface area contributed by atoms with Gasteiger partial charge in [-0.1, -0.05) is 6.07 Å². The number of carbonyl (C=O) groups is 1. The molecule has 0 spiro atoms. The molecule has 0 fully saturated rings. The van der Waals surface area contributed by atoms with Crippen molar-refractivity contribution in [2.24, 2.45) is 5.10 Å². The van der Waals surface area contributed by atoms with Crippen molar-refractivity contribution in [3.63, 3.8) is 0 Å². The third-order valence-corrected chi connectivity index (χ3v) is 3.49. The highest BCUT2D eigenvalue weighted by molar-refractivity contribution is 7.12. The molecule has 6 nitrogen and oxygen atoms in total. The highest BCUT2D eigenvalue weighted by Crippen LogP contribution is 2.28. The highest BCUT2D eigenvalue weighted by atomic mass is 32.1. The summed E-state index contributed by atoms with van der Waals surface area (Å²) in [6, 6.07) is 8.60. The Morgan fingerprint density at radius 2 is 2.27 bits per heavy atom. The van der Waals surface area contributed by atoms with Crippen molar-refractivity contribution in [3.05, 3.63) is 46.2 Å². The molecule has 0 amide bonds. The molecule has 1 heterocycles. The van der Waals surface area contributed by atoms with Gasteiger partial charge in [0.25, 0.3) is 0 Å². The van der Waals surface area contributed by atoms with Crippen LogP contribution in [-0.4, -0.2) is 37.6 Å². The molecule has 1 aromatic carbocycles. The molecular formula is C15H16N2O4S. The number of carbonyl (C=O) groups excluding carboxylic acids is 1. The normalized spacial score (nSPS) is 10.6. The Morgan fingerprint density at radius 1 is 1.41 bits per heavy atom. The minimum Gasteiger partial charge on any atom is -0.493 e. The summed E-state index contributed by atoms with van der Waals surface area (Å²) in [5.41, 5.74) is 3.46. The van der Waals surface area contributed by atoms with Crippen molar-refractivity contribution < 1.29 is 19.4 Å². The molecule has 0 bridgehead atoms. The summed E-state index contributed by atoms with van der Waals surface area (Å²) < 4.78 is 10.6. The Bertz CT molecular complexity index is 641. The van der Waals surface area contributed by atoms with Crippen molar-refractivity contribution in [3.8, 4) is 11.5 Å². The maximum atomic E-state index is 11.9. The summed E-state index contributed by atoms with van der Waals surface area (Å²) in [7, 11) is 1.50. The molecule has 7 heteroatoms. The van der Waals surface area contributed by atoms with Gasteiger partial charge in [-0.25, -0.2) is 4.79 Å². The number of benzene rings is 1. The molecule has 2 N–H and O–H groups in total. The predicted molar refractivity (Wildman–Crippen MR) is 85.0 cm³/mol.